The highest BCUT2D eigenvalue weighted by Gasteiger charge is 2.27. The Balaban J connectivity index is 2.99. The molecular weight excluding hydrogens is 260 g/mol. The number of halogens is 3. The summed E-state index contributed by atoms with van der Waals surface area (Å²) in [6, 6.07) is 0. The number of hydrogen-bond acceptors (Lipinski definition) is 4. The Morgan fingerprint density at radius 1 is 1.50 bits per heavy atom. The molecule has 90 valence electrons. The fourth-order valence-electron chi connectivity index (χ4n) is 0.923. The summed E-state index contributed by atoms with van der Waals surface area (Å²) >= 11 is 6.18. The predicted molar refractivity (Wildman–Crippen MR) is 57.2 cm³/mol. The minimum Gasteiger partial charge on any atom is -0.456 e. The zero-order chi connectivity index (χ0) is 12.5. The summed E-state index contributed by atoms with van der Waals surface area (Å²) in [6.07, 6.45) is -2.84. The first-order valence-corrected chi connectivity index (χ1v) is 5.58. The summed E-state index contributed by atoms with van der Waals surface area (Å²) in [7, 11) is 0. The van der Waals surface area contributed by atoms with Crippen LogP contribution >= 0.6 is 22.9 Å². The minimum absolute atomic E-state index is 0.101. The lowest BCUT2D eigenvalue weighted by Gasteiger charge is -2.18. The second-order valence-corrected chi connectivity index (χ2v) is 5.56. The quantitative estimate of drug-likeness (QED) is 0.769. The Morgan fingerprint density at radius 2 is 2.06 bits per heavy atom. The van der Waals surface area contributed by atoms with Crippen molar-refractivity contribution < 1.29 is 18.3 Å². The molecule has 0 saturated heterocycles. The van der Waals surface area contributed by atoms with E-state index in [0.717, 1.165) is 0 Å². The van der Waals surface area contributed by atoms with Gasteiger partial charge in [-0.25, -0.2) is 18.6 Å². The number of ether oxygens (including phenoxy) is 1. The third-order valence-corrected chi connectivity index (χ3v) is 2.57. The fourth-order valence-corrected chi connectivity index (χ4v) is 1.92. The van der Waals surface area contributed by atoms with Crippen LogP contribution in [0.25, 0.3) is 0 Å². The zero-order valence-corrected chi connectivity index (χ0v) is 10.5. The third kappa shape index (κ3) is 3.38. The third-order valence-electron chi connectivity index (χ3n) is 1.42. The second-order valence-electron chi connectivity index (χ2n) is 3.98. The maximum Gasteiger partial charge on any atom is 0.351 e. The largest absolute Gasteiger partial charge is 0.456 e. The first kappa shape index (κ1) is 13.3. The highest BCUT2D eigenvalue weighted by molar-refractivity contribution is 7.17. The number of rotatable bonds is 2. The normalized spacial score (nSPS) is 11.9. The van der Waals surface area contributed by atoms with Gasteiger partial charge in [0.1, 0.15) is 16.2 Å². The number of carbonyl (C=O) groups excluding carboxylic acids is 1. The van der Waals surface area contributed by atoms with E-state index in [0.29, 0.717) is 11.3 Å². The van der Waals surface area contributed by atoms with Gasteiger partial charge in [0.2, 0.25) is 0 Å². The SMILES string of the molecule is CC(C)(C)OC(=O)c1sc(Cl)nc1C(F)F. The van der Waals surface area contributed by atoms with Crippen molar-refractivity contribution in [2.75, 3.05) is 0 Å². The molecule has 0 fully saturated rings. The summed E-state index contributed by atoms with van der Waals surface area (Å²) in [4.78, 5) is 14.7. The number of nitrogens with zero attached hydrogens (tertiary/aromatic N) is 1. The van der Waals surface area contributed by atoms with Crippen LogP contribution in [0.1, 0.15) is 42.6 Å². The minimum atomic E-state index is -2.84. The Hall–Kier alpha value is -0.750. The number of esters is 1. The molecule has 1 aromatic rings. The van der Waals surface area contributed by atoms with Crippen molar-refractivity contribution in [2.45, 2.75) is 32.8 Å². The molecule has 0 N–H and O–H groups in total. The van der Waals surface area contributed by atoms with Gasteiger partial charge in [-0.05, 0) is 20.8 Å². The fraction of sp³-hybridized carbons (Fsp3) is 0.556. The lowest BCUT2D eigenvalue weighted by Crippen LogP contribution is -2.24. The molecule has 1 aromatic heterocycles. The molecule has 0 aliphatic rings. The molecule has 1 rings (SSSR count). The number of thiazole rings is 1. The van der Waals surface area contributed by atoms with E-state index in [1.54, 1.807) is 20.8 Å². The van der Waals surface area contributed by atoms with Gasteiger partial charge in [0.15, 0.2) is 4.47 Å². The summed E-state index contributed by atoms with van der Waals surface area (Å²) in [5.74, 6) is -0.827. The van der Waals surface area contributed by atoms with E-state index in [9.17, 15) is 13.6 Å². The predicted octanol–water partition coefficient (Wildman–Crippen LogP) is 3.69. The lowest BCUT2D eigenvalue weighted by molar-refractivity contribution is 0.00675. The Kier molecular flexibility index (Phi) is 3.85. The van der Waals surface area contributed by atoms with Crippen molar-refractivity contribution in [3.63, 3.8) is 0 Å². The number of aromatic nitrogens is 1. The van der Waals surface area contributed by atoms with Gasteiger partial charge in [0.05, 0.1) is 0 Å². The van der Waals surface area contributed by atoms with E-state index in [2.05, 4.69) is 4.98 Å². The summed E-state index contributed by atoms with van der Waals surface area (Å²) in [5.41, 5.74) is -1.36. The van der Waals surface area contributed by atoms with Crippen LogP contribution in [0.5, 0.6) is 0 Å². The molecule has 0 spiro atoms. The highest BCUT2D eigenvalue weighted by Crippen LogP contribution is 2.31. The van der Waals surface area contributed by atoms with Crippen LogP contribution in [0, 0.1) is 0 Å². The maximum atomic E-state index is 12.5. The Morgan fingerprint density at radius 3 is 2.50 bits per heavy atom. The van der Waals surface area contributed by atoms with E-state index >= 15 is 0 Å². The zero-order valence-electron chi connectivity index (χ0n) is 8.88. The summed E-state index contributed by atoms with van der Waals surface area (Å²) < 4.78 is 29.9. The smallest absolute Gasteiger partial charge is 0.351 e. The van der Waals surface area contributed by atoms with Crippen LogP contribution in [-0.2, 0) is 4.74 Å². The van der Waals surface area contributed by atoms with E-state index in [-0.39, 0.29) is 9.34 Å². The summed E-state index contributed by atoms with van der Waals surface area (Å²) in [6.45, 7) is 4.95. The molecule has 16 heavy (non-hydrogen) atoms. The van der Waals surface area contributed by atoms with Crippen LogP contribution < -0.4 is 0 Å². The van der Waals surface area contributed by atoms with Gasteiger partial charge in [-0.2, -0.15) is 0 Å². The topological polar surface area (TPSA) is 39.2 Å². The van der Waals surface area contributed by atoms with Gasteiger partial charge in [0, 0.05) is 0 Å². The van der Waals surface area contributed by atoms with Crippen LogP contribution in [-0.4, -0.2) is 16.6 Å². The standard InChI is InChI=1S/C9H10ClF2NO2S/c1-9(2,3)15-7(14)5-4(6(11)12)13-8(10)16-5/h6H,1-3H3. The van der Waals surface area contributed by atoms with Crippen LogP contribution in [0.2, 0.25) is 4.47 Å². The molecule has 3 nitrogen and oxygen atoms in total. The first-order valence-electron chi connectivity index (χ1n) is 4.38. The summed E-state index contributed by atoms with van der Waals surface area (Å²) in [5, 5.41) is 0. The van der Waals surface area contributed by atoms with Crippen molar-refractivity contribution in [1.29, 1.82) is 0 Å². The van der Waals surface area contributed by atoms with E-state index in [1.807, 2.05) is 0 Å². The highest BCUT2D eigenvalue weighted by atomic mass is 35.5. The number of carbonyl (C=O) groups is 1. The molecule has 7 heteroatoms. The van der Waals surface area contributed by atoms with Gasteiger partial charge in [-0.3, -0.25) is 0 Å². The second kappa shape index (κ2) is 4.63. The average Bonchev–Trinajstić information content (AvgIpc) is 2.44. The molecule has 0 unspecified atom stereocenters. The Bertz CT molecular complexity index is 401. The van der Waals surface area contributed by atoms with Gasteiger partial charge >= 0.3 is 5.97 Å². The van der Waals surface area contributed by atoms with Gasteiger partial charge in [0.25, 0.3) is 6.43 Å². The maximum absolute atomic E-state index is 12.5. The van der Waals surface area contributed by atoms with Crippen molar-refractivity contribution in [2.24, 2.45) is 0 Å². The molecule has 0 radical (unpaired) electrons. The molecule has 0 bridgehead atoms. The van der Waals surface area contributed by atoms with Crippen molar-refractivity contribution in [1.82, 2.24) is 4.98 Å². The number of hydrogen-bond donors (Lipinski definition) is 0. The molecule has 0 aromatic carbocycles. The molecule has 0 amide bonds. The van der Waals surface area contributed by atoms with Crippen molar-refractivity contribution >= 4 is 28.9 Å². The molecule has 0 saturated carbocycles. The van der Waals surface area contributed by atoms with E-state index in [4.69, 9.17) is 16.3 Å². The monoisotopic (exact) mass is 269 g/mol. The average molecular weight is 270 g/mol. The Labute approximate surface area is 100 Å². The van der Waals surface area contributed by atoms with Crippen LogP contribution in [0.4, 0.5) is 8.78 Å². The molecule has 1 heterocycles. The number of alkyl halides is 2. The van der Waals surface area contributed by atoms with Gasteiger partial charge in [-0.1, -0.05) is 22.9 Å². The molecule has 0 aliphatic carbocycles. The molecule has 0 atom stereocenters. The van der Waals surface area contributed by atoms with E-state index < -0.39 is 23.7 Å². The van der Waals surface area contributed by atoms with E-state index in [1.165, 1.54) is 0 Å². The van der Waals surface area contributed by atoms with Gasteiger partial charge in [-0.15, -0.1) is 0 Å². The first-order chi connectivity index (χ1) is 7.20. The van der Waals surface area contributed by atoms with Crippen molar-refractivity contribution in [3.8, 4) is 0 Å². The van der Waals surface area contributed by atoms with Crippen LogP contribution in [0.3, 0.4) is 0 Å². The van der Waals surface area contributed by atoms with Gasteiger partial charge < -0.3 is 4.74 Å². The lowest BCUT2D eigenvalue weighted by atomic mass is 10.2. The molecular formula is C9H10ClF2NO2S. The van der Waals surface area contributed by atoms with Crippen molar-refractivity contribution in [3.05, 3.63) is 15.0 Å². The van der Waals surface area contributed by atoms with Crippen LogP contribution in [0.15, 0.2) is 0 Å². The molecule has 0 aliphatic heterocycles.